The van der Waals surface area contributed by atoms with Crippen molar-refractivity contribution >= 4 is 5.82 Å². The molecule has 1 aromatic heterocycles. The Kier molecular flexibility index (Phi) is 5.76. The van der Waals surface area contributed by atoms with Crippen molar-refractivity contribution in [1.82, 2.24) is 9.88 Å². The summed E-state index contributed by atoms with van der Waals surface area (Å²) in [6.45, 7) is 6.31. The van der Waals surface area contributed by atoms with Gasteiger partial charge in [0.05, 0.1) is 19.4 Å². The molecule has 2 N–H and O–H groups in total. The van der Waals surface area contributed by atoms with Crippen molar-refractivity contribution in [3.63, 3.8) is 0 Å². The summed E-state index contributed by atoms with van der Waals surface area (Å²) in [6.07, 6.45) is 3.70. The number of pyridine rings is 1. The Balaban J connectivity index is 1.65. The Morgan fingerprint density at radius 2 is 1.96 bits per heavy atom. The smallest absolute Gasteiger partial charge is 0.131 e. The van der Waals surface area contributed by atoms with Gasteiger partial charge in [-0.15, -0.1) is 0 Å². The van der Waals surface area contributed by atoms with Crippen LogP contribution in [-0.2, 0) is 0 Å². The van der Waals surface area contributed by atoms with E-state index in [-0.39, 0.29) is 0 Å². The second-order valence-corrected chi connectivity index (χ2v) is 6.51. The lowest BCUT2D eigenvalue weighted by atomic mass is 10.1. The molecule has 1 aromatic carbocycles. The molecular formula is C20H27N3O2. The van der Waals surface area contributed by atoms with Crippen LogP contribution in [-0.4, -0.2) is 43.2 Å². The summed E-state index contributed by atoms with van der Waals surface area (Å²) in [4.78, 5) is 6.95. The molecule has 25 heavy (non-hydrogen) atoms. The van der Waals surface area contributed by atoms with Crippen LogP contribution in [0.5, 0.6) is 11.5 Å². The summed E-state index contributed by atoms with van der Waals surface area (Å²) >= 11 is 0. The van der Waals surface area contributed by atoms with Gasteiger partial charge >= 0.3 is 0 Å². The van der Waals surface area contributed by atoms with Gasteiger partial charge in [0.2, 0.25) is 0 Å². The fourth-order valence-corrected chi connectivity index (χ4v) is 3.26. The first-order chi connectivity index (χ1) is 12.2. The number of hydrogen-bond acceptors (Lipinski definition) is 5. The van der Waals surface area contributed by atoms with Crippen LogP contribution in [0.3, 0.4) is 0 Å². The molecule has 3 rings (SSSR count). The Bertz CT molecular complexity index is 712. The van der Waals surface area contributed by atoms with Crippen LogP contribution in [0.1, 0.15) is 24.8 Å². The summed E-state index contributed by atoms with van der Waals surface area (Å²) in [5.74, 6) is 2.08. The molecule has 5 nitrogen and oxygen atoms in total. The largest absolute Gasteiger partial charge is 0.496 e. The minimum absolute atomic E-state index is 0.505. The zero-order valence-electron chi connectivity index (χ0n) is 15.1. The van der Waals surface area contributed by atoms with E-state index in [1.165, 1.54) is 25.9 Å². The normalized spacial score (nSPS) is 14.6. The molecule has 1 saturated heterocycles. The number of rotatable bonds is 7. The number of hydrogen-bond donors (Lipinski definition) is 1. The van der Waals surface area contributed by atoms with E-state index in [1.807, 2.05) is 37.3 Å². The number of ether oxygens (including phenoxy) is 2. The third-order valence-electron chi connectivity index (χ3n) is 4.63. The van der Waals surface area contributed by atoms with Crippen LogP contribution in [0.4, 0.5) is 5.82 Å². The van der Waals surface area contributed by atoms with Crippen LogP contribution in [0, 0.1) is 6.92 Å². The number of aryl methyl sites for hydroxylation is 1. The second kappa shape index (κ2) is 8.21. The highest BCUT2D eigenvalue weighted by molar-refractivity contribution is 5.72. The third-order valence-corrected chi connectivity index (χ3v) is 4.63. The van der Waals surface area contributed by atoms with Crippen LogP contribution in [0.25, 0.3) is 11.3 Å². The zero-order chi connectivity index (χ0) is 17.6. The van der Waals surface area contributed by atoms with Gasteiger partial charge in [-0.2, -0.15) is 0 Å². The molecule has 0 amide bonds. The molecule has 1 fully saturated rings. The summed E-state index contributed by atoms with van der Waals surface area (Å²) < 4.78 is 11.5. The molecule has 0 saturated carbocycles. The first-order valence-electron chi connectivity index (χ1n) is 8.94. The highest BCUT2D eigenvalue weighted by atomic mass is 16.5. The number of methoxy groups -OCH3 is 1. The van der Waals surface area contributed by atoms with Gasteiger partial charge in [0.1, 0.15) is 17.3 Å². The lowest BCUT2D eigenvalue weighted by Gasteiger charge is -2.15. The van der Waals surface area contributed by atoms with E-state index in [1.54, 1.807) is 7.11 Å². The van der Waals surface area contributed by atoms with Gasteiger partial charge in [-0.05, 0) is 63.0 Å². The first-order valence-corrected chi connectivity index (χ1v) is 8.94. The van der Waals surface area contributed by atoms with E-state index in [4.69, 9.17) is 15.2 Å². The minimum Gasteiger partial charge on any atom is -0.496 e. The van der Waals surface area contributed by atoms with E-state index >= 15 is 0 Å². The topological polar surface area (TPSA) is 60.6 Å². The average molecular weight is 341 g/mol. The Labute approximate surface area is 149 Å². The molecule has 5 heteroatoms. The van der Waals surface area contributed by atoms with Crippen molar-refractivity contribution < 1.29 is 9.47 Å². The highest BCUT2D eigenvalue weighted by Crippen LogP contribution is 2.34. The quantitative estimate of drug-likeness (QED) is 0.781. The predicted octanol–water partition coefficient (Wildman–Crippen LogP) is 3.51. The van der Waals surface area contributed by atoms with Crippen molar-refractivity contribution in [2.45, 2.75) is 26.2 Å². The van der Waals surface area contributed by atoms with Crippen molar-refractivity contribution in [2.24, 2.45) is 0 Å². The molecule has 1 aliphatic rings. The van der Waals surface area contributed by atoms with Gasteiger partial charge in [-0.1, -0.05) is 6.07 Å². The van der Waals surface area contributed by atoms with Gasteiger partial charge in [0.25, 0.3) is 0 Å². The number of likely N-dealkylation sites (tertiary alicyclic amines) is 1. The van der Waals surface area contributed by atoms with E-state index in [9.17, 15) is 0 Å². The van der Waals surface area contributed by atoms with E-state index in [0.717, 1.165) is 41.3 Å². The standard InChI is InChI=1S/C20H27N3O2/c1-15-6-9-19(21)22-20(15)17-8-7-16(14-18(17)24-2)25-13-5-12-23-10-3-4-11-23/h6-9,14H,3-5,10-13H2,1-2H3,(H2,21,22). The molecule has 0 bridgehead atoms. The number of benzene rings is 1. The van der Waals surface area contributed by atoms with Gasteiger partial charge in [-0.25, -0.2) is 4.98 Å². The summed E-state index contributed by atoms with van der Waals surface area (Å²) in [5.41, 5.74) is 8.67. The van der Waals surface area contributed by atoms with E-state index in [0.29, 0.717) is 12.4 Å². The third kappa shape index (κ3) is 4.42. The van der Waals surface area contributed by atoms with Gasteiger partial charge in [0.15, 0.2) is 0 Å². The SMILES string of the molecule is COc1cc(OCCCN2CCCC2)ccc1-c1nc(N)ccc1C. The Morgan fingerprint density at radius 1 is 1.16 bits per heavy atom. The Hall–Kier alpha value is -2.27. The van der Waals surface area contributed by atoms with Gasteiger partial charge in [-0.3, -0.25) is 0 Å². The fraction of sp³-hybridized carbons (Fsp3) is 0.450. The molecule has 2 aromatic rings. The fourth-order valence-electron chi connectivity index (χ4n) is 3.26. The van der Waals surface area contributed by atoms with Crippen molar-refractivity contribution in [2.75, 3.05) is 39.1 Å². The first kappa shape index (κ1) is 17.5. The van der Waals surface area contributed by atoms with Crippen LogP contribution >= 0.6 is 0 Å². The number of nitrogen functional groups attached to an aromatic ring is 1. The maximum atomic E-state index is 5.90. The number of nitrogens with zero attached hydrogens (tertiary/aromatic N) is 2. The number of anilines is 1. The lowest BCUT2D eigenvalue weighted by Crippen LogP contribution is -2.21. The monoisotopic (exact) mass is 341 g/mol. The van der Waals surface area contributed by atoms with Crippen LogP contribution in [0.15, 0.2) is 30.3 Å². The molecule has 2 heterocycles. The minimum atomic E-state index is 0.505. The van der Waals surface area contributed by atoms with Gasteiger partial charge < -0.3 is 20.1 Å². The summed E-state index contributed by atoms with van der Waals surface area (Å²) in [5, 5.41) is 0. The molecule has 0 unspecified atom stereocenters. The van der Waals surface area contributed by atoms with E-state index < -0.39 is 0 Å². The Morgan fingerprint density at radius 3 is 2.72 bits per heavy atom. The van der Waals surface area contributed by atoms with Crippen LogP contribution in [0.2, 0.25) is 0 Å². The van der Waals surface area contributed by atoms with Crippen molar-refractivity contribution in [3.05, 3.63) is 35.9 Å². The molecule has 0 aliphatic carbocycles. The lowest BCUT2D eigenvalue weighted by molar-refractivity contribution is 0.262. The molecular weight excluding hydrogens is 314 g/mol. The molecule has 0 atom stereocenters. The zero-order valence-corrected chi connectivity index (χ0v) is 15.1. The molecule has 134 valence electrons. The van der Waals surface area contributed by atoms with Gasteiger partial charge in [0, 0.05) is 18.2 Å². The molecule has 1 aliphatic heterocycles. The van der Waals surface area contributed by atoms with Crippen molar-refractivity contribution in [3.8, 4) is 22.8 Å². The predicted molar refractivity (Wildman–Crippen MR) is 101 cm³/mol. The number of aromatic nitrogens is 1. The maximum Gasteiger partial charge on any atom is 0.131 e. The van der Waals surface area contributed by atoms with E-state index in [2.05, 4.69) is 9.88 Å². The molecule has 0 radical (unpaired) electrons. The molecule has 0 spiro atoms. The maximum absolute atomic E-state index is 5.90. The summed E-state index contributed by atoms with van der Waals surface area (Å²) in [6, 6.07) is 9.67. The number of nitrogens with two attached hydrogens (primary N) is 1. The second-order valence-electron chi connectivity index (χ2n) is 6.51. The highest BCUT2D eigenvalue weighted by Gasteiger charge is 2.13. The van der Waals surface area contributed by atoms with Crippen molar-refractivity contribution in [1.29, 1.82) is 0 Å². The average Bonchev–Trinajstić information content (AvgIpc) is 3.14. The van der Waals surface area contributed by atoms with Crippen LogP contribution < -0.4 is 15.2 Å². The summed E-state index contributed by atoms with van der Waals surface area (Å²) in [7, 11) is 1.66.